The average molecular weight is 288 g/mol. The van der Waals surface area contributed by atoms with E-state index >= 15 is 0 Å². The van der Waals surface area contributed by atoms with E-state index < -0.39 is 29.3 Å². The maximum Gasteiger partial charge on any atom is 0.407 e. The molecule has 0 bridgehead atoms. The highest BCUT2D eigenvalue weighted by atomic mass is 79.9. The summed E-state index contributed by atoms with van der Waals surface area (Å²) in [5.74, 6) is -2.03. The van der Waals surface area contributed by atoms with Crippen LogP contribution in [0.4, 0.5) is 17.6 Å². The first-order chi connectivity index (χ1) is 6.75. The van der Waals surface area contributed by atoms with Crippen molar-refractivity contribution in [3.05, 3.63) is 28.0 Å². The van der Waals surface area contributed by atoms with Gasteiger partial charge in [0.2, 0.25) is 0 Å². The van der Waals surface area contributed by atoms with Gasteiger partial charge in [-0.3, -0.25) is 0 Å². The monoisotopic (exact) mass is 287 g/mol. The van der Waals surface area contributed by atoms with Crippen LogP contribution >= 0.6 is 15.9 Å². The van der Waals surface area contributed by atoms with E-state index in [1.807, 2.05) is 0 Å². The van der Waals surface area contributed by atoms with Gasteiger partial charge in [-0.1, -0.05) is 0 Å². The van der Waals surface area contributed by atoms with Crippen molar-refractivity contribution in [2.75, 3.05) is 0 Å². The number of alkyl halides is 3. The molecular weight excluding hydrogens is 282 g/mol. The van der Waals surface area contributed by atoms with Crippen molar-refractivity contribution in [3.8, 4) is 5.75 Å². The molecule has 0 heterocycles. The minimum absolute atomic E-state index is 0.0430. The summed E-state index contributed by atoms with van der Waals surface area (Å²) in [6.45, 7) is 0. The Kier molecular flexibility index (Phi) is 3.25. The predicted molar refractivity (Wildman–Crippen MR) is 48.7 cm³/mol. The first kappa shape index (κ1) is 12.3. The molecule has 1 aromatic rings. The fraction of sp³-hybridized carbons (Fsp3) is 0.250. The number of hydrogen-bond donors (Lipinski definition) is 2. The van der Waals surface area contributed by atoms with Crippen LogP contribution in [0.15, 0.2) is 16.6 Å². The van der Waals surface area contributed by atoms with E-state index in [9.17, 15) is 22.7 Å². The first-order valence-electron chi connectivity index (χ1n) is 3.74. The average Bonchev–Trinajstić information content (AvgIpc) is 2.10. The maximum absolute atomic E-state index is 13.1. The van der Waals surface area contributed by atoms with Gasteiger partial charge < -0.3 is 10.8 Å². The number of hydrogen-bond acceptors (Lipinski definition) is 2. The highest BCUT2D eigenvalue weighted by molar-refractivity contribution is 9.10. The second-order valence-electron chi connectivity index (χ2n) is 2.81. The molecular formula is C8H6BrF4NO. The smallest absolute Gasteiger partial charge is 0.407 e. The quantitative estimate of drug-likeness (QED) is 0.780. The molecule has 15 heavy (non-hydrogen) atoms. The molecule has 3 N–H and O–H groups in total. The van der Waals surface area contributed by atoms with Crippen molar-refractivity contribution in [2.45, 2.75) is 12.2 Å². The standard InChI is InChI=1S/C8H6BrF4NO/c9-3-1-2-4(10)5(6(3)15)7(14)8(11,12)13/h1-2,7,15H,14H2/t7-/m1/s1. The first-order valence-corrected chi connectivity index (χ1v) is 4.53. The van der Waals surface area contributed by atoms with Gasteiger partial charge in [-0.05, 0) is 28.1 Å². The van der Waals surface area contributed by atoms with Crippen LogP contribution in [0, 0.1) is 5.82 Å². The highest BCUT2D eigenvalue weighted by Gasteiger charge is 2.41. The van der Waals surface area contributed by atoms with E-state index in [-0.39, 0.29) is 4.47 Å². The van der Waals surface area contributed by atoms with E-state index in [2.05, 4.69) is 15.9 Å². The van der Waals surface area contributed by atoms with Crippen molar-refractivity contribution in [3.63, 3.8) is 0 Å². The molecule has 2 nitrogen and oxygen atoms in total. The largest absolute Gasteiger partial charge is 0.506 e. The second-order valence-corrected chi connectivity index (χ2v) is 3.67. The zero-order chi connectivity index (χ0) is 11.8. The summed E-state index contributed by atoms with van der Waals surface area (Å²) in [5, 5.41) is 9.25. The van der Waals surface area contributed by atoms with Crippen LogP contribution in [-0.4, -0.2) is 11.3 Å². The molecule has 0 amide bonds. The molecule has 7 heteroatoms. The number of phenolic OH excluding ortho intramolecular Hbond substituents is 1. The number of nitrogens with two attached hydrogens (primary N) is 1. The molecule has 0 spiro atoms. The number of benzene rings is 1. The van der Waals surface area contributed by atoms with Crippen LogP contribution in [0.3, 0.4) is 0 Å². The summed E-state index contributed by atoms with van der Waals surface area (Å²) < 4.78 is 49.6. The Balaban J connectivity index is 3.31. The second kappa shape index (κ2) is 3.97. The number of phenols is 1. The third-order valence-corrected chi connectivity index (χ3v) is 2.42. The predicted octanol–water partition coefficient (Wildman–Crippen LogP) is 2.86. The van der Waals surface area contributed by atoms with Crippen LogP contribution in [0.25, 0.3) is 0 Å². The lowest BCUT2D eigenvalue weighted by Gasteiger charge is -2.18. The summed E-state index contributed by atoms with van der Waals surface area (Å²) in [4.78, 5) is 0. The van der Waals surface area contributed by atoms with Gasteiger partial charge in [-0.25, -0.2) is 4.39 Å². The summed E-state index contributed by atoms with van der Waals surface area (Å²) in [6.07, 6.45) is -4.81. The fourth-order valence-corrected chi connectivity index (χ4v) is 1.36. The molecule has 0 fully saturated rings. The van der Waals surface area contributed by atoms with E-state index in [1.165, 1.54) is 0 Å². The Bertz CT molecular complexity index is 380. The van der Waals surface area contributed by atoms with Crippen LogP contribution in [0.2, 0.25) is 0 Å². The maximum atomic E-state index is 13.1. The van der Waals surface area contributed by atoms with Gasteiger partial charge >= 0.3 is 6.18 Å². The lowest BCUT2D eigenvalue weighted by Crippen LogP contribution is -2.29. The van der Waals surface area contributed by atoms with Crippen LogP contribution in [0.5, 0.6) is 5.75 Å². The minimum Gasteiger partial charge on any atom is -0.506 e. The zero-order valence-corrected chi connectivity index (χ0v) is 8.73. The Morgan fingerprint density at radius 2 is 1.87 bits per heavy atom. The Labute approximate surface area is 90.8 Å². The van der Waals surface area contributed by atoms with Crippen LogP contribution in [0.1, 0.15) is 11.6 Å². The normalized spacial score (nSPS) is 14.0. The van der Waals surface area contributed by atoms with Gasteiger partial charge in [-0.15, -0.1) is 0 Å². The van der Waals surface area contributed by atoms with Crippen molar-refractivity contribution in [1.82, 2.24) is 0 Å². The Morgan fingerprint density at radius 3 is 2.33 bits per heavy atom. The lowest BCUT2D eigenvalue weighted by molar-refractivity contribution is -0.150. The lowest BCUT2D eigenvalue weighted by atomic mass is 10.1. The molecule has 0 aliphatic heterocycles. The van der Waals surface area contributed by atoms with Crippen molar-refractivity contribution in [1.29, 1.82) is 0 Å². The SMILES string of the molecule is N[C@H](c1c(F)ccc(Br)c1O)C(F)(F)F. The molecule has 1 aromatic carbocycles. The third-order valence-electron chi connectivity index (χ3n) is 1.78. The highest BCUT2D eigenvalue weighted by Crippen LogP contribution is 2.39. The van der Waals surface area contributed by atoms with Crippen molar-refractivity contribution in [2.24, 2.45) is 5.73 Å². The number of rotatable bonds is 1. The molecule has 0 saturated heterocycles. The summed E-state index contributed by atoms with van der Waals surface area (Å²) in [7, 11) is 0. The van der Waals surface area contributed by atoms with Gasteiger partial charge in [0.25, 0.3) is 0 Å². The van der Waals surface area contributed by atoms with E-state index in [0.29, 0.717) is 0 Å². The summed E-state index contributed by atoms with van der Waals surface area (Å²) in [5.41, 5.74) is 3.84. The Hall–Kier alpha value is -0.820. The van der Waals surface area contributed by atoms with E-state index in [4.69, 9.17) is 5.73 Å². The molecule has 1 atom stereocenters. The van der Waals surface area contributed by atoms with Gasteiger partial charge in [0, 0.05) is 0 Å². The topological polar surface area (TPSA) is 46.2 Å². The van der Waals surface area contributed by atoms with Crippen molar-refractivity contribution < 1.29 is 22.7 Å². The molecule has 0 aliphatic rings. The van der Waals surface area contributed by atoms with E-state index in [0.717, 1.165) is 12.1 Å². The van der Waals surface area contributed by atoms with Gasteiger partial charge in [-0.2, -0.15) is 13.2 Å². The molecule has 1 rings (SSSR count). The Morgan fingerprint density at radius 1 is 1.33 bits per heavy atom. The number of halogens is 5. The molecule has 0 aliphatic carbocycles. The van der Waals surface area contributed by atoms with Gasteiger partial charge in [0.05, 0.1) is 10.0 Å². The molecule has 84 valence electrons. The zero-order valence-electron chi connectivity index (χ0n) is 7.15. The summed E-state index contributed by atoms with van der Waals surface area (Å²) >= 11 is 2.78. The third kappa shape index (κ3) is 2.40. The molecule has 0 unspecified atom stereocenters. The molecule has 0 saturated carbocycles. The van der Waals surface area contributed by atoms with Gasteiger partial charge in [0.1, 0.15) is 17.6 Å². The van der Waals surface area contributed by atoms with Crippen LogP contribution in [-0.2, 0) is 0 Å². The molecule has 0 aromatic heterocycles. The number of aromatic hydroxyl groups is 1. The van der Waals surface area contributed by atoms with Gasteiger partial charge in [0.15, 0.2) is 0 Å². The van der Waals surface area contributed by atoms with Crippen molar-refractivity contribution >= 4 is 15.9 Å². The van der Waals surface area contributed by atoms with E-state index in [1.54, 1.807) is 0 Å². The molecule has 0 radical (unpaired) electrons. The minimum atomic E-state index is -4.81. The summed E-state index contributed by atoms with van der Waals surface area (Å²) in [6, 6.07) is -0.655. The van der Waals surface area contributed by atoms with Crippen LogP contribution < -0.4 is 5.73 Å². The fourth-order valence-electron chi connectivity index (χ4n) is 1.02.